The summed E-state index contributed by atoms with van der Waals surface area (Å²) in [7, 11) is 1.66. The summed E-state index contributed by atoms with van der Waals surface area (Å²) in [5.74, 6) is 1.88. The molecule has 0 amide bonds. The molecule has 0 unspecified atom stereocenters. The van der Waals surface area contributed by atoms with Gasteiger partial charge in [0.15, 0.2) is 0 Å². The average Bonchev–Trinajstić information content (AvgIpc) is 2.78. The monoisotopic (exact) mass is 240 g/mol. The van der Waals surface area contributed by atoms with Gasteiger partial charge in [-0.3, -0.25) is 0 Å². The minimum absolute atomic E-state index is 0.766. The fraction of sp³-hybridized carbons (Fsp3) is 0.125. The molecule has 0 radical (unpaired) electrons. The summed E-state index contributed by atoms with van der Waals surface area (Å²) < 4.78 is 10.2. The molecule has 1 heterocycles. The largest absolute Gasteiger partial charge is 0.497 e. The van der Waals surface area contributed by atoms with Crippen LogP contribution in [0.1, 0.15) is 11.1 Å². The predicted octanol–water partition coefficient (Wildman–Crippen LogP) is 3.92. The van der Waals surface area contributed by atoms with Gasteiger partial charge < -0.3 is 9.47 Å². The van der Waals surface area contributed by atoms with Crippen LogP contribution in [0.2, 0.25) is 0 Å². The molecule has 0 aliphatic carbocycles. The molecule has 0 atom stereocenters. The Hall–Kier alpha value is -2.22. The summed E-state index contributed by atoms with van der Waals surface area (Å²) >= 11 is 0. The molecule has 2 aromatic carbocycles. The van der Waals surface area contributed by atoms with E-state index in [1.807, 2.05) is 36.4 Å². The van der Waals surface area contributed by atoms with E-state index in [1.165, 1.54) is 5.56 Å². The second-order valence-corrected chi connectivity index (χ2v) is 3.91. The number of fused-ring (bicyclic) bond motifs is 2. The van der Waals surface area contributed by atoms with Crippen molar-refractivity contribution in [3.05, 3.63) is 66.2 Å². The normalized spacial score (nSPS) is 10.9. The van der Waals surface area contributed by atoms with Gasteiger partial charge in [0.25, 0.3) is 0 Å². The summed E-state index contributed by atoms with van der Waals surface area (Å²) in [5, 5.41) is 0. The van der Waals surface area contributed by atoms with Gasteiger partial charge in [0.05, 0.1) is 7.11 Å². The van der Waals surface area contributed by atoms with E-state index in [9.17, 15) is 0 Å². The van der Waals surface area contributed by atoms with E-state index >= 15 is 0 Å². The van der Waals surface area contributed by atoms with Crippen LogP contribution in [0.5, 0.6) is 11.5 Å². The molecule has 2 heteroatoms. The van der Waals surface area contributed by atoms with Gasteiger partial charge in [-0.15, -0.1) is 0 Å². The second kappa shape index (κ2) is 5.92. The maximum absolute atomic E-state index is 5.18. The third-order valence-electron chi connectivity index (χ3n) is 2.66. The van der Waals surface area contributed by atoms with Gasteiger partial charge in [-0.1, -0.05) is 36.9 Å². The molecule has 1 aliphatic rings. The first kappa shape index (κ1) is 12.2. The van der Waals surface area contributed by atoms with Gasteiger partial charge in [-0.25, -0.2) is 0 Å². The zero-order valence-corrected chi connectivity index (χ0v) is 10.4. The molecule has 92 valence electrons. The molecule has 0 saturated heterocycles. The zero-order chi connectivity index (χ0) is 12.8. The van der Waals surface area contributed by atoms with Crippen LogP contribution in [0.25, 0.3) is 6.08 Å². The van der Waals surface area contributed by atoms with Crippen LogP contribution in [0.15, 0.2) is 55.1 Å². The van der Waals surface area contributed by atoms with E-state index in [1.54, 1.807) is 13.2 Å². The summed E-state index contributed by atoms with van der Waals surface area (Å²) in [4.78, 5) is 0. The van der Waals surface area contributed by atoms with Crippen LogP contribution in [0.3, 0.4) is 0 Å². The van der Waals surface area contributed by atoms with E-state index in [-0.39, 0.29) is 0 Å². The molecule has 2 aromatic rings. The summed E-state index contributed by atoms with van der Waals surface area (Å²) in [6.07, 6.45) is 1.80. The van der Waals surface area contributed by atoms with Crippen molar-refractivity contribution in [2.45, 2.75) is 6.61 Å². The Balaban J connectivity index is 0.000000136. The molecule has 0 fully saturated rings. The van der Waals surface area contributed by atoms with Crippen molar-refractivity contribution < 1.29 is 9.47 Å². The molecule has 1 aliphatic heterocycles. The third-order valence-corrected chi connectivity index (χ3v) is 2.66. The van der Waals surface area contributed by atoms with E-state index in [0.29, 0.717) is 0 Å². The maximum Gasteiger partial charge on any atom is 0.120 e. The molecule has 2 nitrogen and oxygen atoms in total. The molecule has 0 aromatic heterocycles. The summed E-state index contributed by atoms with van der Waals surface area (Å²) in [5.41, 5.74) is 2.39. The number of hydrogen-bond donors (Lipinski definition) is 0. The fourth-order valence-electron chi connectivity index (χ4n) is 1.63. The minimum Gasteiger partial charge on any atom is -0.497 e. The first-order valence-corrected chi connectivity index (χ1v) is 5.80. The average molecular weight is 240 g/mol. The Morgan fingerprint density at radius 2 is 1.94 bits per heavy atom. The zero-order valence-electron chi connectivity index (χ0n) is 10.4. The van der Waals surface area contributed by atoms with Gasteiger partial charge in [-0.2, -0.15) is 0 Å². The lowest BCUT2D eigenvalue weighted by Crippen LogP contribution is -1.80. The number of methoxy groups -OCH3 is 1. The topological polar surface area (TPSA) is 18.5 Å². The Bertz CT molecular complexity index is 496. The first-order valence-electron chi connectivity index (χ1n) is 5.80. The van der Waals surface area contributed by atoms with E-state index < -0.39 is 0 Å². The van der Waals surface area contributed by atoms with Gasteiger partial charge in [0, 0.05) is 0 Å². The van der Waals surface area contributed by atoms with Crippen molar-refractivity contribution in [3.8, 4) is 11.5 Å². The van der Waals surface area contributed by atoms with Crippen LogP contribution >= 0.6 is 0 Å². The molecule has 0 spiro atoms. The van der Waals surface area contributed by atoms with Crippen LogP contribution in [-0.2, 0) is 6.61 Å². The molecular weight excluding hydrogens is 224 g/mol. The van der Waals surface area contributed by atoms with Crippen molar-refractivity contribution in [2.24, 2.45) is 0 Å². The lowest BCUT2D eigenvalue weighted by atomic mass is 10.2. The van der Waals surface area contributed by atoms with Gasteiger partial charge in [-0.05, 0) is 35.4 Å². The maximum atomic E-state index is 5.18. The molecular formula is C16H16O2. The van der Waals surface area contributed by atoms with E-state index in [0.717, 1.165) is 23.7 Å². The molecule has 2 bridgehead atoms. The Kier molecular flexibility index (Phi) is 4.02. The van der Waals surface area contributed by atoms with Gasteiger partial charge in [0.1, 0.15) is 18.1 Å². The third kappa shape index (κ3) is 3.14. The van der Waals surface area contributed by atoms with Gasteiger partial charge >= 0.3 is 0 Å². The van der Waals surface area contributed by atoms with Crippen molar-refractivity contribution in [1.29, 1.82) is 0 Å². The van der Waals surface area contributed by atoms with Crippen molar-refractivity contribution in [1.82, 2.24) is 0 Å². The molecule has 0 N–H and O–H groups in total. The molecule has 0 saturated carbocycles. The first-order chi connectivity index (χ1) is 8.81. The van der Waals surface area contributed by atoms with Crippen molar-refractivity contribution in [2.75, 3.05) is 7.11 Å². The summed E-state index contributed by atoms with van der Waals surface area (Å²) in [6, 6.07) is 15.9. The molecule has 3 rings (SSSR count). The number of benzene rings is 2. The highest BCUT2D eigenvalue weighted by Gasteiger charge is 2.03. The Morgan fingerprint density at radius 1 is 1.17 bits per heavy atom. The Labute approximate surface area is 107 Å². The smallest absolute Gasteiger partial charge is 0.120 e. The van der Waals surface area contributed by atoms with E-state index in [4.69, 9.17) is 9.47 Å². The highest BCUT2D eigenvalue weighted by molar-refractivity contribution is 5.48. The number of hydrogen-bond acceptors (Lipinski definition) is 2. The van der Waals surface area contributed by atoms with Crippen LogP contribution in [0.4, 0.5) is 0 Å². The predicted molar refractivity (Wildman–Crippen MR) is 73.9 cm³/mol. The van der Waals surface area contributed by atoms with Crippen LogP contribution < -0.4 is 9.47 Å². The van der Waals surface area contributed by atoms with Crippen LogP contribution in [-0.4, -0.2) is 7.11 Å². The van der Waals surface area contributed by atoms with Crippen molar-refractivity contribution in [3.63, 3.8) is 0 Å². The lowest BCUT2D eigenvalue weighted by molar-refractivity contribution is 0.328. The second-order valence-electron chi connectivity index (χ2n) is 3.91. The summed E-state index contributed by atoms with van der Waals surface area (Å²) in [6.45, 7) is 4.41. The van der Waals surface area contributed by atoms with E-state index in [2.05, 4.69) is 18.7 Å². The quantitative estimate of drug-likeness (QED) is 0.792. The van der Waals surface area contributed by atoms with Crippen LogP contribution in [0, 0.1) is 0 Å². The highest BCUT2D eigenvalue weighted by Crippen LogP contribution is 2.20. The number of ether oxygens (including phenoxy) is 2. The SMILES string of the molecule is C=Cc1ccc(OC)cc1.c1cc2cc(c1)OC2. The fourth-order valence-corrected chi connectivity index (χ4v) is 1.63. The lowest BCUT2D eigenvalue weighted by Gasteiger charge is -1.97. The van der Waals surface area contributed by atoms with Crippen molar-refractivity contribution >= 4 is 6.08 Å². The standard InChI is InChI=1S/C9H10O.C7H6O/c1-3-8-4-6-9(10-2)7-5-8;1-2-6-4-7(3-1)8-5-6/h3-7H,1H2,2H3;1-4H,5H2. The minimum atomic E-state index is 0.766. The van der Waals surface area contributed by atoms with Gasteiger partial charge in [0.2, 0.25) is 0 Å². The highest BCUT2D eigenvalue weighted by atomic mass is 16.5. The number of rotatable bonds is 2. The Morgan fingerprint density at radius 3 is 2.50 bits per heavy atom. The molecule has 18 heavy (non-hydrogen) atoms.